The van der Waals surface area contributed by atoms with Gasteiger partial charge in [0.1, 0.15) is 18.1 Å². The van der Waals surface area contributed by atoms with E-state index >= 15 is 0 Å². The molecule has 0 radical (unpaired) electrons. The van der Waals surface area contributed by atoms with Gasteiger partial charge in [-0.1, -0.05) is 71.8 Å². The van der Waals surface area contributed by atoms with Crippen molar-refractivity contribution in [2.24, 2.45) is 0 Å². The Bertz CT molecular complexity index is 1340. The van der Waals surface area contributed by atoms with Crippen molar-refractivity contribution in [2.75, 3.05) is 6.73 Å². The smallest absolute Gasteiger partial charge is 0.340 e. The van der Waals surface area contributed by atoms with Crippen molar-refractivity contribution in [1.29, 1.82) is 0 Å². The van der Waals surface area contributed by atoms with E-state index in [0.29, 0.717) is 41.6 Å². The van der Waals surface area contributed by atoms with Crippen LogP contribution in [0, 0.1) is 13.8 Å². The normalized spacial score (nSPS) is 13.7. The second kappa shape index (κ2) is 8.45. The third-order valence-electron chi connectivity index (χ3n) is 6.10. The van der Waals surface area contributed by atoms with E-state index in [1.54, 1.807) is 0 Å². The number of benzene rings is 3. The summed E-state index contributed by atoms with van der Waals surface area (Å²) in [6.45, 7) is 5.81. The van der Waals surface area contributed by atoms with Gasteiger partial charge < -0.3 is 9.15 Å². The summed E-state index contributed by atoms with van der Waals surface area (Å²) in [6.07, 6.45) is 0.524. The number of fused-ring (bicyclic) bond motifs is 3. The van der Waals surface area contributed by atoms with Crippen LogP contribution in [-0.4, -0.2) is 11.6 Å². The average molecular weight is 446 g/mol. The van der Waals surface area contributed by atoms with Crippen molar-refractivity contribution in [3.05, 3.63) is 109 Å². The number of hydrogen-bond donors (Lipinski definition) is 0. The topological polar surface area (TPSA) is 42.7 Å². The van der Waals surface area contributed by atoms with Gasteiger partial charge in [0.2, 0.25) is 0 Å². The lowest BCUT2D eigenvalue weighted by molar-refractivity contribution is 0.0890. The molecule has 4 nitrogen and oxygen atoms in total. The lowest BCUT2D eigenvalue weighted by Crippen LogP contribution is -2.32. The van der Waals surface area contributed by atoms with Crippen LogP contribution in [0.3, 0.4) is 0 Å². The van der Waals surface area contributed by atoms with Crippen LogP contribution in [0.15, 0.2) is 69.9 Å². The molecule has 32 heavy (non-hydrogen) atoms. The Morgan fingerprint density at radius 3 is 2.50 bits per heavy atom. The minimum absolute atomic E-state index is 0.306. The molecule has 0 saturated carbocycles. The van der Waals surface area contributed by atoms with Gasteiger partial charge in [0.15, 0.2) is 0 Å². The van der Waals surface area contributed by atoms with Gasteiger partial charge in [0.25, 0.3) is 0 Å². The Balaban J connectivity index is 1.54. The van der Waals surface area contributed by atoms with Gasteiger partial charge in [-0.25, -0.2) is 4.79 Å². The van der Waals surface area contributed by atoms with E-state index in [2.05, 4.69) is 36.1 Å². The zero-order chi connectivity index (χ0) is 22.2. The first-order valence-corrected chi connectivity index (χ1v) is 11.1. The Morgan fingerprint density at radius 2 is 1.75 bits per heavy atom. The van der Waals surface area contributed by atoms with E-state index in [-0.39, 0.29) is 5.63 Å². The summed E-state index contributed by atoms with van der Waals surface area (Å²) in [5.74, 6) is 0.609. The van der Waals surface area contributed by atoms with Gasteiger partial charge in [-0.05, 0) is 36.6 Å². The van der Waals surface area contributed by atoms with Crippen LogP contribution in [0.2, 0.25) is 5.02 Å². The maximum absolute atomic E-state index is 13.0. The second-order valence-electron chi connectivity index (χ2n) is 8.44. The fraction of sp³-hybridized carbons (Fsp3) is 0.222. The van der Waals surface area contributed by atoms with Crippen molar-refractivity contribution in [2.45, 2.75) is 33.4 Å². The minimum atomic E-state index is -0.306. The van der Waals surface area contributed by atoms with E-state index in [1.165, 1.54) is 11.1 Å². The Labute approximate surface area is 192 Å². The van der Waals surface area contributed by atoms with E-state index in [1.807, 2.05) is 43.3 Å². The molecule has 0 spiro atoms. The Morgan fingerprint density at radius 1 is 1.00 bits per heavy atom. The molecule has 4 aromatic rings. The molecule has 0 saturated heterocycles. The molecule has 5 heteroatoms. The molecule has 3 aromatic carbocycles. The highest BCUT2D eigenvalue weighted by Gasteiger charge is 2.26. The minimum Gasteiger partial charge on any atom is -0.476 e. The lowest BCUT2D eigenvalue weighted by atomic mass is 9.97. The Hall–Kier alpha value is -3.08. The summed E-state index contributed by atoms with van der Waals surface area (Å²) in [5.41, 5.74) is 6.16. The monoisotopic (exact) mass is 445 g/mol. The molecule has 162 valence electrons. The van der Waals surface area contributed by atoms with Crippen LogP contribution < -0.4 is 10.4 Å². The molecule has 2 heterocycles. The number of nitrogens with zero attached hydrogens (tertiary/aromatic N) is 1. The summed E-state index contributed by atoms with van der Waals surface area (Å²) >= 11 is 6.61. The summed E-state index contributed by atoms with van der Waals surface area (Å²) in [7, 11) is 0. The van der Waals surface area contributed by atoms with Crippen molar-refractivity contribution >= 4 is 22.6 Å². The van der Waals surface area contributed by atoms with E-state index in [0.717, 1.165) is 28.6 Å². The van der Waals surface area contributed by atoms with E-state index in [9.17, 15) is 4.79 Å². The third kappa shape index (κ3) is 3.92. The molecule has 0 unspecified atom stereocenters. The molecular formula is C27H24ClNO3. The first kappa shape index (κ1) is 20.8. The van der Waals surface area contributed by atoms with Gasteiger partial charge in [0.05, 0.1) is 10.6 Å². The highest BCUT2D eigenvalue weighted by atomic mass is 35.5. The van der Waals surface area contributed by atoms with E-state index < -0.39 is 0 Å². The maximum atomic E-state index is 13.0. The molecule has 1 aliphatic rings. The highest BCUT2D eigenvalue weighted by Crippen LogP contribution is 2.40. The fourth-order valence-electron chi connectivity index (χ4n) is 4.32. The molecule has 0 fully saturated rings. The van der Waals surface area contributed by atoms with Crippen LogP contribution >= 0.6 is 11.6 Å². The highest BCUT2D eigenvalue weighted by molar-refractivity contribution is 6.33. The predicted molar refractivity (Wildman–Crippen MR) is 127 cm³/mol. The van der Waals surface area contributed by atoms with Crippen LogP contribution in [0.4, 0.5) is 0 Å². The van der Waals surface area contributed by atoms with Gasteiger partial charge in [-0.15, -0.1) is 0 Å². The lowest BCUT2D eigenvalue weighted by Gasteiger charge is -2.30. The Kier molecular flexibility index (Phi) is 5.50. The van der Waals surface area contributed by atoms with Gasteiger partial charge >= 0.3 is 5.63 Å². The quantitative estimate of drug-likeness (QED) is 0.361. The van der Waals surface area contributed by atoms with Crippen molar-refractivity contribution < 1.29 is 9.15 Å². The maximum Gasteiger partial charge on any atom is 0.340 e. The molecule has 0 amide bonds. The largest absolute Gasteiger partial charge is 0.476 e. The predicted octanol–water partition coefficient (Wildman–Crippen LogP) is 6.01. The number of halogens is 1. The molecular weight excluding hydrogens is 422 g/mol. The summed E-state index contributed by atoms with van der Waals surface area (Å²) < 4.78 is 11.9. The summed E-state index contributed by atoms with van der Waals surface area (Å²) in [6, 6.07) is 20.3. The fourth-order valence-corrected chi connectivity index (χ4v) is 4.59. The van der Waals surface area contributed by atoms with Crippen LogP contribution in [-0.2, 0) is 19.5 Å². The molecule has 1 aromatic heterocycles. The molecule has 0 atom stereocenters. The number of ether oxygens (including phenoxy) is 1. The summed E-state index contributed by atoms with van der Waals surface area (Å²) in [4.78, 5) is 15.2. The van der Waals surface area contributed by atoms with Gasteiger partial charge in [-0.3, -0.25) is 4.90 Å². The molecule has 5 rings (SSSR count). The van der Waals surface area contributed by atoms with Crippen LogP contribution in [0.5, 0.6) is 5.75 Å². The zero-order valence-electron chi connectivity index (χ0n) is 18.2. The first-order chi connectivity index (χ1) is 15.5. The molecule has 1 aliphatic heterocycles. The molecule has 0 aliphatic carbocycles. The van der Waals surface area contributed by atoms with Gasteiger partial charge in [-0.2, -0.15) is 0 Å². The standard InChI is InChI=1S/C27H24ClNO3/c1-17-8-10-20(11-9-17)14-29-15-23-25-21(13-24(28)26(23)31-16-29)18(2)22(27(30)32-25)12-19-6-4-3-5-7-19/h3-11,13H,12,14-16H2,1-2H3. The second-order valence-corrected chi connectivity index (χ2v) is 8.85. The SMILES string of the molecule is Cc1ccc(CN2COc3c(Cl)cc4c(C)c(Cc5ccccc5)c(=O)oc4c3C2)cc1. The van der Waals surface area contributed by atoms with Crippen LogP contribution in [0.25, 0.3) is 11.0 Å². The third-order valence-corrected chi connectivity index (χ3v) is 6.38. The van der Waals surface area contributed by atoms with Crippen LogP contribution in [0.1, 0.15) is 33.4 Å². The molecule has 0 bridgehead atoms. The van der Waals surface area contributed by atoms with Crippen molar-refractivity contribution in [3.63, 3.8) is 0 Å². The van der Waals surface area contributed by atoms with E-state index in [4.69, 9.17) is 20.8 Å². The van der Waals surface area contributed by atoms with Gasteiger partial charge in [0, 0.05) is 30.5 Å². The van der Waals surface area contributed by atoms with Crippen molar-refractivity contribution in [3.8, 4) is 5.75 Å². The molecule has 0 N–H and O–H groups in total. The number of aryl methyl sites for hydroxylation is 2. The first-order valence-electron chi connectivity index (χ1n) is 10.7. The summed E-state index contributed by atoms with van der Waals surface area (Å²) in [5, 5.41) is 1.41. The average Bonchev–Trinajstić information content (AvgIpc) is 2.80. The van der Waals surface area contributed by atoms with Crippen molar-refractivity contribution in [1.82, 2.24) is 4.90 Å². The number of rotatable bonds is 4. The zero-order valence-corrected chi connectivity index (χ0v) is 18.9. The number of hydrogen-bond acceptors (Lipinski definition) is 4.